The second-order valence-corrected chi connectivity index (χ2v) is 7.78. The normalized spacial score (nSPS) is 17.1. The van der Waals surface area contributed by atoms with Gasteiger partial charge in [0.15, 0.2) is 0 Å². The molecule has 0 aromatic heterocycles. The van der Waals surface area contributed by atoms with E-state index in [1.165, 1.54) is 13.2 Å². The first kappa shape index (κ1) is 21.0. The van der Waals surface area contributed by atoms with Crippen molar-refractivity contribution >= 4 is 29.3 Å². The van der Waals surface area contributed by atoms with Crippen LogP contribution in [0.3, 0.4) is 0 Å². The number of anilines is 1. The second kappa shape index (κ2) is 8.36. The average Bonchev–Trinajstić information content (AvgIpc) is 2.67. The Kier molecular flexibility index (Phi) is 6.07. The van der Waals surface area contributed by atoms with Crippen LogP contribution in [0.25, 0.3) is 0 Å². The lowest BCUT2D eigenvalue weighted by Gasteiger charge is -2.25. The highest BCUT2D eigenvalue weighted by Gasteiger charge is 2.34. The molecule has 9 heteroatoms. The minimum absolute atomic E-state index is 0.101. The van der Waals surface area contributed by atoms with Crippen molar-refractivity contribution in [3.63, 3.8) is 0 Å². The first-order valence-electron chi connectivity index (χ1n) is 8.80. The van der Waals surface area contributed by atoms with E-state index in [4.69, 9.17) is 4.74 Å². The zero-order chi connectivity index (χ0) is 21.2. The average molecular weight is 424 g/mol. The Balaban J connectivity index is 1.66. The number of benzene rings is 2. The molecule has 1 heterocycles. The SMILES string of the molecule is COc1ccccc1[C@@H](C)NC(=O)C[C@@H]1Sc2ccc(C(F)(F)F)cc2NC1=O. The topological polar surface area (TPSA) is 67.4 Å². The van der Waals surface area contributed by atoms with Crippen molar-refractivity contribution in [3.8, 4) is 5.75 Å². The Morgan fingerprint density at radius 1 is 1.28 bits per heavy atom. The van der Waals surface area contributed by atoms with E-state index in [0.717, 1.165) is 29.5 Å². The Labute approximate surface area is 170 Å². The summed E-state index contributed by atoms with van der Waals surface area (Å²) in [5.41, 5.74) is 0.0713. The number of carbonyl (C=O) groups is 2. The Hall–Kier alpha value is -2.68. The smallest absolute Gasteiger partial charge is 0.416 e. The number of fused-ring (bicyclic) bond motifs is 1. The maximum Gasteiger partial charge on any atom is 0.416 e. The van der Waals surface area contributed by atoms with Gasteiger partial charge < -0.3 is 15.4 Å². The number of rotatable bonds is 5. The molecule has 1 aliphatic heterocycles. The predicted octanol–water partition coefficient (Wildman–Crippen LogP) is 4.39. The Morgan fingerprint density at radius 3 is 2.69 bits per heavy atom. The van der Waals surface area contributed by atoms with Crippen molar-refractivity contribution in [1.29, 1.82) is 0 Å². The van der Waals surface area contributed by atoms with Gasteiger partial charge in [-0.1, -0.05) is 18.2 Å². The number of hydrogen-bond acceptors (Lipinski definition) is 4. The lowest BCUT2D eigenvalue weighted by molar-refractivity contribution is -0.137. The van der Waals surface area contributed by atoms with Gasteiger partial charge in [0, 0.05) is 16.9 Å². The summed E-state index contributed by atoms with van der Waals surface area (Å²) in [5, 5.41) is 4.57. The van der Waals surface area contributed by atoms with Crippen molar-refractivity contribution in [2.24, 2.45) is 0 Å². The highest BCUT2D eigenvalue weighted by Crippen LogP contribution is 2.40. The van der Waals surface area contributed by atoms with Crippen LogP contribution in [0.2, 0.25) is 0 Å². The van der Waals surface area contributed by atoms with E-state index in [2.05, 4.69) is 10.6 Å². The van der Waals surface area contributed by atoms with E-state index in [-0.39, 0.29) is 24.1 Å². The van der Waals surface area contributed by atoms with Crippen LogP contribution in [-0.2, 0) is 15.8 Å². The van der Waals surface area contributed by atoms with E-state index in [0.29, 0.717) is 10.6 Å². The van der Waals surface area contributed by atoms with Crippen LogP contribution in [0.5, 0.6) is 5.75 Å². The molecule has 2 N–H and O–H groups in total. The standard InChI is InChI=1S/C20H19F3N2O3S/c1-11(13-5-3-4-6-15(13)28-2)24-18(26)10-17-19(27)25-14-9-12(20(21,22)23)7-8-16(14)29-17/h3-9,11,17H,10H2,1-2H3,(H,24,26)(H,25,27)/t11-,17+/m1/s1. The molecule has 0 bridgehead atoms. The third-order valence-electron chi connectivity index (χ3n) is 4.48. The molecule has 154 valence electrons. The van der Waals surface area contributed by atoms with Crippen LogP contribution in [-0.4, -0.2) is 24.2 Å². The quantitative estimate of drug-likeness (QED) is 0.747. The lowest BCUT2D eigenvalue weighted by atomic mass is 10.1. The summed E-state index contributed by atoms with van der Waals surface area (Å²) in [6.45, 7) is 1.80. The van der Waals surface area contributed by atoms with Gasteiger partial charge in [-0.15, -0.1) is 11.8 Å². The summed E-state index contributed by atoms with van der Waals surface area (Å²) in [4.78, 5) is 25.2. The number of methoxy groups -OCH3 is 1. The van der Waals surface area contributed by atoms with Gasteiger partial charge in [-0.05, 0) is 31.2 Å². The first-order chi connectivity index (χ1) is 13.7. The number of hydrogen-bond donors (Lipinski definition) is 2. The van der Waals surface area contributed by atoms with Crippen LogP contribution < -0.4 is 15.4 Å². The summed E-state index contributed by atoms with van der Waals surface area (Å²) in [6.07, 6.45) is -4.59. The van der Waals surface area contributed by atoms with E-state index in [1.807, 2.05) is 18.2 Å². The zero-order valence-electron chi connectivity index (χ0n) is 15.7. The third-order valence-corrected chi connectivity index (χ3v) is 5.76. The molecule has 5 nitrogen and oxygen atoms in total. The molecule has 0 saturated heterocycles. The maximum absolute atomic E-state index is 12.8. The number of amides is 2. The molecular weight excluding hydrogens is 405 g/mol. The van der Waals surface area contributed by atoms with Crippen molar-refractivity contribution in [3.05, 3.63) is 53.6 Å². The number of nitrogens with one attached hydrogen (secondary N) is 2. The first-order valence-corrected chi connectivity index (χ1v) is 9.68. The number of thioether (sulfide) groups is 1. The predicted molar refractivity (Wildman–Crippen MR) is 104 cm³/mol. The molecule has 2 amide bonds. The molecule has 3 rings (SSSR count). The largest absolute Gasteiger partial charge is 0.496 e. The molecule has 0 aliphatic carbocycles. The summed E-state index contributed by atoms with van der Waals surface area (Å²) in [5.74, 6) is -0.201. The number of alkyl halides is 3. The van der Waals surface area contributed by atoms with Gasteiger partial charge in [0.2, 0.25) is 11.8 Å². The minimum Gasteiger partial charge on any atom is -0.496 e. The molecule has 1 aliphatic rings. The monoisotopic (exact) mass is 424 g/mol. The van der Waals surface area contributed by atoms with E-state index in [9.17, 15) is 22.8 Å². The van der Waals surface area contributed by atoms with Crippen molar-refractivity contribution < 1.29 is 27.5 Å². The molecule has 2 atom stereocenters. The van der Waals surface area contributed by atoms with Gasteiger partial charge >= 0.3 is 6.18 Å². The minimum atomic E-state index is -4.49. The molecule has 2 aromatic carbocycles. The molecule has 0 radical (unpaired) electrons. The van der Waals surface area contributed by atoms with Crippen LogP contribution in [0.1, 0.15) is 30.5 Å². The van der Waals surface area contributed by atoms with E-state index in [1.54, 1.807) is 13.0 Å². The van der Waals surface area contributed by atoms with Crippen LogP contribution in [0.15, 0.2) is 47.4 Å². The van der Waals surface area contributed by atoms with Crippen molar-refractivity contribution in [2.45, 2.75) is 35.7 Å². The van der Waals surface area contributed by atoms with Crippen LogP contribution in [0, 0.1) is 0 Å². The van der Waals surface area contributed by atoms with E-state index < -0.39 is 22.9 Å². The van der Waals surface area contributed by atoms with Gasteiger partial charge in [0.1, 0.15) is 5.75 Å². The van der Waals surface area contributed by atoms with Gasteiger partial charge in [0.25, 0.3) is 0 Å². The van der Waals surface area contributed by atoms with Gasteiger partial charge in [-0.2, -0.15) is 13.2 Å². The lowest BCUT2D eigenvalue weighted by Crippen LogP contribution is -2.36. The molecule has 0 fully saturated rings. The molecule has 29 heavy (non-hydrogen) atoms. The highest BCUT2D eigenvalue weighted by molar-refractivity contribution is 8.01. The van der Waals surface area contributed by atoms with Crippen molar-refractivity contribution in [2.75, 3.05) is 12.4 Å². The molecular formula is C20H19F3N2O3S. The number of ether oxygens (including phenoxy) is 1. The van der Waals surface area contributed by atoms with Gasteiger partial charge in [0.05, 0.1) is 29.7 Å². The number of halogens is 3. The summed E-state index contributed by atoms with van der Waals surface area (Å²) in [7, 11) is 1.54. The van der Waals surface area contributed by atoms with Gasteiger partial charge in [-0.3, -0.25) is 9.59 Å². The Bertz CT molecular complexity index is 933. The second-order valence-electron chi connectivity index (χ2n) is 6.54. The third kappa shape index (κ3) is 4.84. The Morgan fingerprint density at radius 2 is 2.00 bits per heavy atom. The van der Waals surface area contributed by atoms with Crippen LogP contribution in [0.4, 0.5) is 18.9 Å². The maximum atomic E-state index is 12.8. The zero-order valence-corrected chi connectivity index (χ0v) is 16.5. The fourth-order valence-corrected chi connectivity index (χ4v) is 4.12. The molecule has 2 aromatic rings. The summed E-state index contributed by atoms with van der Waals surface area (Å²) < 4.78 is 43.8. The summed E-state index contributed by atoms with van der Waals surface area (Å²) >= 11 is 1.08. The number of para-hydroxylation sites is 1. The molecule has 0 spiro atoms. The van der Waals surface area contributed by atoms with Gasteiger partial charge in [-0.25, -0.2) is 0 Å². The van der Waals surface area contributed by atoms with Crippen LogP contribution >= 0.6 is 11.8 Å². The van der Waals surface area contributed by atoms with Crippen molar-refractivity contribution in [1.82, 2.24) is 5.32 Å². The fraction of sp³-hybridized carbons (Fsp3) is 0.300. The molecule has 0 saturated carbocycles. The summed E-state index contributed by atoms with van der Waals surface area (Å²) in [6, 6.07) is 10.1. The fourth-order valence-electron chi connectivity index (χ4n) is 3.03. The highest BCUT2D eigenvalue weighted by atomic mass is 32.2. The molecule has 0 unspecified atom stereocenters. The van der Waals surface area contributed by atoms with E-state index >= 15 is 0 Å². The number of carbonyl (C=O) groups excluding carboxylic acids is 2.